The van der Waals surface area contributed by atoms with Crippen LogP contribution in [0.2, 0.25) is 0 Å². The van der Waals surface area contributed by atoms with Crippen molar-refractivity contribution in [2.24, 2.45) is 10.8 Å². The van der Waals surface area contributed by atoms with Crippen LogP contribution in [0, 0.1) is 16.6 Å². The van der Waals surface area contributed by atoms with Gasteiger partial charge in [0.25, 0.3) is 0 Å². The molecular formula is C21H29FO2. The van der Waals surface area contributed by atoms with Gasteiger partial charge in [-0.25, -0.2) is 4.39 Å². The molecule has 0 saturated heterocycles. The summed E-state index contributed by atoms with van der Waals surface area (Å²) in [5.41, 5.74) is 1.56. The number of carbonyl (C=O) groups excluding carboxylic acids is 1. The average Bonchev–Trinajstić information content (AvgIpc) is 3.07. The van der Waals surface area contributed by atoms with Crippen molar-refractivity contribution in [3.05, 3.63) is 53.6 Å². The molecule has 24 heavy (non-hydrogen) atoms. The number of rotatable bonds is 4. The van der Waals surface area contributed by atoms with Gasteiger partial charge in [0.05, 0.1) is 5.41 Å². The predicted molar refractivity (Wildman–Crippen MR) is 97.8 cm³/mol. The van der Waals surface area contributed by atoms with Crippen LogP contribution in [-0.2, 0) is 9.53 Å². The van der Waals surface area contributed by atoms with Crippen LogP contribution in [0.4, 0.5) is 4.39 Å². The summed E-state index contributed by atoms with van der Waals surface area (Å²) in [5, 5.41) is 0. The maximum atomic E-state index is 12.9. The SMILES string of the molecule is C/C(=C\C=C(/C)c1ccc(F)cc1)OC(=O)C1(C)CC1(C)C.CC. The molecule has 0 bridgehead atoms. The molecule has 1 atom stereocenters. The Kier molecular flexibility index (Phi) is 6.53. The van der Waals surface area contributed by atoms with Crippen molar-refractivity contribution in [2.45, 2.75) is 54.9 Å². The smallest absolute Gasteiger partial charge is 0.317 e. The van der Waals surface area contributed by atoms with Crippen molar-refractivity contribution in [3.63, 3.8) is 0 Å². The second-order valence-electron chi connectivity index (χ2n) is 6.92. The molecule has 0 heterocycles. The Morgan fingerprint density at radius 1 is 1.08 bits per heavy atom. The molecule has 1 unspecified atom stereocenters. The van der Waals surface area contributed by atoms with E-state index in [2.05, 4.69) is 13.8 Å². The van der Waals surface area contributed by atoms with E-state index in [9.17, 15) is 9.18 Å². The molecule has 1 aromatic carbocycles. The second kappa shape index (κ2) is 7.78. The number of ether oxygens (including phenoxy) is 1. The fourth-order valence-corrected chi connectivity index (χ4v) is 2.53. The number of carbonyl (C=O) groups is 1. The van der Waals surface area contributed by atoms with Crippen LogP contribution in [-0.4, -0.2) is 5.97 Å². The van der Waals surface area contributed by atoms with E-state index in [4.69, 9.17) is 4.74 Å². The quantitative estimate of drug-likeness (QED) is 0.376. The fourth-order valence-electron chi connectivity index (χ4n) is 2.53. The number of benzene rings is 1. The molecule has 1 aromatic rings. The van der Waals surface area contributed by atoms with Gasteiger partial charge in [0.15, 0.2) is 0 Å². The Hall–Kier alpha value is -1.90. The number of hydrogen-bond donors (Lipinski definition) is 0. The van der Waals surface area contributed by atoms with Gasteiger partial charge in [-0.05, 0) is 62.0 Å². The van der Waals surface area contributed by atoms with Crippen LogP contribution >= 0.6 is 0 Å². The molecule has 0 aliphatic heterocycles. The van der Waals surface area contributed by atoms with Gasteiger partial charge in [-0.3, -0.25) is 4.79 Å². The fraction of sp³-hybridized carbons (Fsp3) is 0.476. The Balaban J connectivity index is 0.00000139. The molecule has 132 valence electrons. The van der Waals surface area contributed by atoms with Gasteiger partial charge in [-0.1, -0.05) is 45.9 Å². The molecule has 1 aliphatic carbocycles. The predicted octanol–water partition coefficient (Wildman–Crippen LogP) is 6.14. The van der Waals surface area contributed by atoms with E-state index < -0.39 is 0 Å². The van der Waals surface area contributed by atoms with Crippen molar-refractivity contribution in [2.75, 3.05) is 0 Å². The Morgan fingerprint density at radius 3 is 2.04 bits per heavy atom. The lowest BCUT2D eigenvalue weighted by molar-refractivity contribution is -0.146. The minimum absolute atomic E-state index is 0.0181. The van der Waals surface area contributed by atoms with Gasteiger partial charge in [0.1, 0.15) is 11.6 Å². The van der Waals surface area contributed by atoms with Crippen LogP contribution in [0.15, 0.2) is 42.2 Å². The van der Waals surface area contributed by atoms with E-state index in [-0.39, 0.29) is 22.6 Å². The highest BCUT2D eigenvalue weighted by Gasteiger charge is 2.63. The standard InChI is InChI=1S/C19H23FO2.C2H6/c1-13(15-8-10-16(20)11-9-15)6-7-14(2)22-17(21)19(5)12-18(19,3)4;1-2/h6-11H,12H2,1-5H3;1-2H3/b13-6+,14-7+;. The summed E-state index contributed by atoms with van der Waals surface area (Å²) in [6.07, 6.45) is 4.50. The van der Waals surface area contributed by atoms with Gasteiger partial charge >= 0.3 is 5.97 Å². The number of hydrogen-bond acceptors (Lipinski definition) is 2. The zero-order chi connectivity index (χ0) is 18.5. The maximum absolute atomic E-state index is 12.9. The lowest BCUT2D eigenvalue weighted by atomic mass is 9.98. The number of esters is 1. The largest absolute Gasteiger partial charge is 0.431 e. The van der Waals surface area contributed by atoms with Gasteiger partial charge < -0.3 is 4.74 Å². The summed E-state index contributed by atoms with van der Waals surface area (Å²) in [7, 11) is 0. The monoisotopic (exact) mass is 332 g/mol. The minimum atomic E-state index is -0.377. The minimum Gasteiger partial charge on any atom is -0.431 e. The van der Waals surface area contributed by atoms with E-state index in [1.54, 1.807) is 25.1 Å². The molecule has 2 rings (SSSR count). The van der Waals surface area contributed by atoms with E-state index in [0.717, 1.165) is 17.6 Å². The Bertz CT molecular complexity index is 638. The molecular weight excluding hydrogens is 303 g/mol. The lowest BCUT2D eigenvalue weighted by Gasteiger charge is -2.13. The third kappa shape index (κ3) is 4.56. The first kappa shape index (κ1) is 20.1. The molecule has 0 spiro atoms. The van der Waals surface area contributed by atoms with E-state index in [1.165, 1.54) is 12.1 Å². The molecule has 1 aliphatic rings. The van der Waals surface area contributed by atoms with Crippen LogP contribution in [0.5, 0.6) is 0 Å². The molecule has 0 amide bonds. The highest BCUT2D eigenvalue weighted by molar-refractivity contribution is 5.82. The maximum Gasteiger partial charge on any atom is 0.317 e. The Morgan fingerprint density at radius 2 is 1.58 bits per heavy atom. The zero-order valence-electron chi connectivity index (χ0n) is 15.9. The molecule has 1 saturated carbocycles. The topological polar surface area (TPSA) is 26.3 Å². The van der Waals surface area contributed by atoms with Crippen molar-refractivity contribution in [3.8, 4) is 0 Å². The summed E-state index contributed by atoms with van der Waals surface area (Å²) in [6, 6.07) is 6.31. The molecule has 3 heteroatoms. The van der Waals surface area contributed by atoms with E-state index in [1.807, 2.05) is 33.8 Å². The molecule has 0 aromatic heterocycles. The van der Waals surface area contributed by atoms with Crippen LogP contribution in [0.3, 0.4) is 0 Å². The highest BCUT2D eigenvalue weighted by Crippen LogP contribution is 2.63. The third-order valence-corrected chi connectivity index (χ3v) is 4.74. The van der Waals surface area contributed by atoms with Crippen molar-refractivity contribution >= 4 is 11.5 Å². The summed E-state index contributed by atoms with van der Waals surface area (Å²) >= 11 is 0. The first-order chi connectivity index (χ1) is 11.2. The Labute approximate surface area is 145 Å². The molecule has 0 radical (unpaired) electrons. The summed E-state index contributed by atoms with van der Waals surface area (Å²) in [4.78, 5) is 12.2. The summed E-state index contributed by atoms with van der Waals surface area (Å²) < 4.78 is 18.3. The van der Waals surface area contributed by atoms with Gasteiger partial charge in [0, 0.05) is 0 Å². The van der Waals surface area contributed by atoms with Crippen LogP contribution in [0.1, 0.15) is 60.5 Å². The second-order valence-corrected chi connectivity index (χ2v) is 6.92. The van der Waals surface area contributed by atoms with Crippen molar-refractivity contribution in [1.82, 2.24) is 0 Å². The van der Waals surface area contributed by atoms with Crippen molar-refractivity contribution < 1.29 is 13.9 Å². The molecule has 1 fully saturated rings. The summed E-state index contributed by atoms with van der Waals surface area (Å²) in [6.45, 7) is 13.8. The van der Waals surface area contributed by atoms with Gasteiger partial charge in [0.2, 0.25) is 0 Å². The molecule has 0 N–H and O–H groups in total. The van der Waals surface area contributed by atoms with Gasteiger partial charge in [-0.2, -0.15) is 0 Å². The van der Waals surface area contributed by atoms with E-state index >= 15 is 0 Å². The summed E-state index contributed by atoms with van der Waals surface area (Å²) in [5.74, 6) is 0.145. The average molecular weight is 332 g/mol. The first-order valence-electron chi connectivity index (χ1n) is 8.49. The molecule has 2 nitrogen and oxygen atoms in total. The number of allylic oxidation sites excluding steroid dienone is 4. The van der Waals surface area contributed by atoms with Crippen LogP contribution in [0.25, 0.3) is 5.57 Å². The highest BCUT2D eigenvalue weighted by atomic mass is 19.1. The normalized spacial score (nSPS) is 22.3. The third-order valence-electron chi connectivity index (χ3n) is 4.74. The van der Waals surface area contributed by atoms with Gasteiger partial charge in [-0.15, -0.1) is 0 Å². The first-order valence-corrected chi connectivity index (χ1v) is 8.49. The van der Waals surface area contributed by atoms with Crippen molar-refractivity contribution in [1.29, 1.82) is 0 Å². The number of halogens is 1. The zero-order valence-corrected chi connectivity index (χ0v) is 15.9. The van der Waals surface area contributed by atoms with E-state index in [0.29, 0.717) is 5.76 Å². The van der Waals surface area contributed by atoms with Crippen LogP contribution < -0.4 is 0 Å². The lowest BCUT2D eigenvalue weighted by Crippen LogP contribution is -2.20.